The zero-order valence-electron chi connectivity index (χ0n) is 16.6. The quantitative estimate of drug-likeness (QED) is 0.633. The van der Waals surface area contributed by atoms with Gasteiger partial charge in [-0.1, -0.05) is 44.2 Å². The minimum atomic E-state index is -2.91. The second kappa shape index (κ2) is 7.76. The zero-order chi connectivity index (χ0) is 19.9. The summed E-state index contributed by atoms with van der Waals surface area (Å²) >= 11 is 5.86. The smallest absolute Gasteiger partial charge is 0.181 e. The lowest BCUT2D eigenvalue weighted by Crippen LogP contribution is -2.40. The molecule has 1 saturated heterocycles. The van der Waals surface area contributed by atoms with E-state index in [1.807, 2.05) is 6.07 Å². The van der Waals surface area contributed by atoms with Gasteiger partial charge in [0.2, 0.25) is 0 Å². The Kier molecular flexibility index (Phi) is 5.51. The Morgan fingerprint density at radius 1 is 1.18 bits per heavy atom. The Labute approximate surface area is 172 Å². The molecule has 2 aliphatic rings. The van der Waals surface area contributed by atoms with Crippen molar-refractivity contribution in [3.8, 4) is 11.3 Å². The molecule has 0 amide bonds. The van der Waals surface area contributed by atoms with Crippen molar-refractivity contribution in [2.24, 2.45) is 5.92 Å². The van der Waals surface area contributed by atoms with Crippen LogP contribution in [0.1, 0.15) is 39.2 Å². The van der Waals surface area contributed by atoms with E-state index < -0.39 is 9.84 Å². The number of sulfone groups is 1. The first-order valence-electron chi connectivity index (χ1n) is 10.2. The van der Waals surface area contributed by atoms with Gasteiger partial charge in [0.05, 0.1) is 23.9 Å². The molecule has 2 aromatic rings. The first-order chi connectivity index (χ1) is 13.3. The molecule has 0 N–H and O–H groups in total. The van der Waals surface area contributed by atoms with Gasteiger partial charge in [-0.05, 0) is 43.0 Å². The predicted molar refractivity (Wildman–Crippen MR) is 116 cm³/mol. The summed E-state index contributed by atoms with van der Waals surface area (Å²) in [6, 6.07) is 11.0. The Hall–Kier alpha value is -1.44. The van der Waals surface area contributed by atoms with Crippen molar-refractivity contribution in [2.45, 2.75) is 51.9 Å². The van der Waals surface area contributed by atoms with E-state index in [1.165, 1.54) is 18.4 Å². The van der Waals surface area contributed by atoms with Crippen molar-refractivity contribution >= 4 is 22.1 Å². The van der Waals surface area contributed by atoms with Gasteiger partial charge in [-0.3, -0.25) is 4.90 Å². The maximum Gasteiger partial charge on any atom is 0.181 e. The van der Waals surface area contributed by atoms with Gasteiger partial charge in [-0.25, -0.2) is 8.42 Å². The lowest BCUT2D eigenvalue weighted by Gasteiger charge is -2.29. The van der Waals surface area contributed by atoms with Crippen LogP contribution in [0.5, 0.6) is 0 Å². The number of nitrogens with zero attached hydrogens (tertiary/aromatic N) is 3. The van der Waals surface area contributed by atoms with Gasteiger partial charge in [0, 0.05) is 24.8 Å². The topological polar surface area (TPSA) is 47.2 Å². The lowest BCUT2D eigenvalue weighted by atomic mass is 10.1. The fourth-order valence-corrected chi connectivity index (χ4v) is 6.29. The third-order valence-corrected chi connectivity index (χ3v) is 7.81. The van der Waals surface area contributed by atoms with Crippen LogP contribution in [0.15, 0.2) is 36.5 Å². The van der Waals surface area contributed by atoms with Gasteiger partial charge >= 0.3 is 0 Å². The number of aromatic nitrogens is 2. The SMILES string of the molecule is CC(C)CN(Cn1cc(-c2ccccc2)n(C2CC2)c1=S)C1CCS(=O)(=O)C1. The van der Waals surface area contributed by atoms with Crippen LogP contribution in [0.4, 0.5) is 0 Å². The highest BCUT2D eigenvalue weighted by molar-refractivity contribution is 7.91. The molecular weight excluding hydrogens is 390 g/mol. The number of rotatable bonds is 7. The Balaban J connectivity index is 1.67. The summed E-state index contributed by atoms with van der Waals surface area (Å²) < 4.78 is 29.3. The molecule has 1 atom stereocenters. The van der Waals surface area contributed by atoms with Crippen LogP contribution >= 0.6 is 12.2 Å². The molecule has 5 nitrogen and oxygen atoms in total. The van der Waals surface area contributed by atoms with Crippen molar-refractivity contribution in [2.75, 3.05) is 18.1 Å². The fourth-order valence-electron chi connectivity index (χ4n) is 4.17. The van der Waals surface area contributed by atoms with Crippen LogP contribution in [0, 0.1) is 10.7 Å². The lowest BCUT2D eigenvalue weighted by molar-refractivity contribution is 0.144. The average Bonchev–Trinajstić information content (AvgIpc) is 3.34. The Morgan fingerprint density at radius 2 is 1.89 bits per heavy atom. The van der Waals surface area contributed by atoms with E-state index in [-0.39, 0.29) is 11.8 Å². The maximum absolute atomic E-state index is 12.0. The molecule has 1 aromatic carbocycles. The number of imidazole rings is 1. The molecule has 0 bridgehead atoms. The molecule has 2 heterocycles. The highest BCUT2D eigenvalue weighted by Crippen LogP contribution is 2.39. The largest absolute Gasteiger partial charge is 0.314 e. The molecule has 1 unspecified atom stereocenters. The van der Waals surface area contributed by atoms with Crippen molar-refractivity contribution in [1.82, 2.24) is 14.0 Å². The van der Waals surface area contributed by atoms with Crippen LogP contribution in [0.2, 0.25) is 0 Å². The molecule has 7 heteroatoms. The van der Waals surface area contributed by atoms with E-state index in [4.69, 9.17) is 12.2 Å². The normalized spacial score (nSPS) is 21.6. The van der Waals surface area contributed by atoms with Gasteiger partial charge in [0.1, 0.15) is 0 Å². The van der Waals surface area contributed by atoms with E-state index in [9.17, 15) is 8.42 Å². The van der Waals surface area contributed by atoms with Crippen molar-refractivity contribution in [3.05, 3.63) is 41.3 Å². The van der Waals surface area contributed by atoms with Crippen molar-refractivity contribution in [1.29, 1.82) is 0 Å². The van der Waals surface area contributed by atoms with Crippen LogP contribution in [0.3, 0.4) is 0 Å². The minimum absolute atomic E-state index is 0.0822. The summed E-state index contributed by atoms with van der Waals surface area (Å²) in [7, 11) is -2.91. The van der Waals surface area contributed by atoms with Crippen LogP contribution < -0.4 is 0 Å². The summed E-state index contributed by atoms with van der Waals surface area (Å²) in [5.41, 5.74) is 2.34. The Morgan fingerprint density at radius 3 is 2.46 bits per heavy atom. The molecule has 1 aromatic heterocycles. The van der Waals surface area contributed by atoms with E-state index in [0.717, 1.165) is 23.4 Å². The first-order valence-corrected chi connectivity index (χ1v) is 12.4. The van der Waals surface area contributed by atoms with Gasteiger partial charge in [-0.2, -0.15) is 0 Å². The van der Waals surface area contributed by atoms with E-state index in [2.05, 4.69) is 58.3 Å². The second-order valence-corrected chi connectivity index (χ2v) is 11.2. The number of hydrogen-bond donors (Lipinski definition) is 0. The number of hydrogen-bond acceptors (Lipinski definition) is 4. The van der Waals surface area contributed by atoms with E-state index >= 15 is 0 Å². The predicted octanol–water partition coefficient (Wildman–Crippen LogP) is 4.12. The average molecular weight is 420 g/mol. The van der Waals surface area contributed by atoms with Crippen LogP contribution in [-0.4, -0.2) is 46.5 Å². The maximum atomic E-state index is 12.0. The fraction of sp³-hybridized carbons (Fsp3) is 0.571. The molecule has 2 fully saturated rings. The molecule has 1 aliphatic heterocycles. The summed E-state index contributed by atoms with van der Waals surface area (Å²) in [5, 5.41) is 0. The van der Waals surface area contributed by atoms with Crippen molar-refractivity contribution < 1.29 is 8.42 Å². The summed E-state index contributed by atoms with van der Waals surface area (Å²) in [4.78, 5) is 2.32. The minimum Gasteiger partial charge on any atom is -0.314 e. The molecule has 0 radical (unpaired) electrons. The summed E-state index contributed by atoms with van der Waals surface area (Å²) in [6.07, 6.45) is 5.23. The summed E-state index contributed by atoms with van der Waals surface area (Å²) in [6.45, 7) is 5.88. The molecule has 0 spiro atoms. The highest BCUT2D eigenvalue weighted by Gasteiger charge is 2.33. The highest BCUT2D eigenvalue weighted by atomic mass is 32.2. The molecule has 1 aliphatic carbocycles. The molecular formula is C21H29N3O2S2. The molecule has 4 rings (SSSR count). The van der Waals surface area contributed by atoms with E-state index in [1.54, 1.807) is 0 Å². The van der Waals surface area contributed by atoms with Gasteiger partial charge in [0.15, 0.2) is 14.6 Å². The van der Waals surface area contributed by atoms with E-state index in [0.29, 0.717) is 24.4 Å². The zero-order valence-corrected chi connectivity index (χ0v) is 18.3. The molecule has 152 valence electrons. The number of benzene rings is 1. The first kappa shape index (κ1) is 19.9. The van der Waals surface area contributed by atoms with Crippen LogP contribution in [-0.2, 0) is 16.5 Å². The third kappa shape index (κ3) is 4.26. The van der Waals surface area contributed by atoms with Gasteiger partial charge in [-0.15, -0.1) is 0 Å². The Bertz CT molecular complexity index is 988. The molecule has 1 saturated carbocycles. The second-order valence-electron chi connectivity index (χ2n) is 8.60. The van der Waals surface area contributed by atoms with Gasteiger partial charge < -0.3 is 9.13 Å². The van der Waals surface area contributed by atoms with Crippen molar-refractivity contribution in [3.63, 3.8) is 0 Å². The monoisotopic (exact) mass is 419 g/mol. The summed E-state index contributed by atoms with van der Waals surface area (Å²) in [5.74, 6) is 1.04. The third-order valence-electron chi connectivity index (χ3n) is 5.63. The van der Waals surface area contributed by atoms with Crippen LogP contribution in [0.25, 0.3) is 11.3 Å². The molecule has 28 heavy (non-hydrogen) atoms. The standard InChI is InChI=1S/C21H29N3O2S2/c1-16(2)12-22(19-10-11-28(25,26)14-19)15-23-13-20(17-6-4-3-5-7-17)24(21(23)27)18-8-9-18/h3-7,13,16,18-19H,8-12,14-15H2,1-2H3. The van der Waals surface area contributed by atoms with Gasteiger partial charge in [0.25, 0.3) is 0 Å².